The van der Waals surface area contributed by atoms with Gasteiger partial charge in [-0.15, -0.1) is 0 Å². The van der Waals surface area contributed by atoms with Crippen molar-refractivity contribution in [2.24, 2.45) is 0 Å². The van der Waals surface area contributed by atoms with Crippen molar-refractivity contribution in [1.82, 2.24) is 5.32 Å². The summed E-state index contributed by atoms with van der Waals surface area (Å²) in [7, 11) is 0. The number of halogens is 2. The van der Waals surface area contributed by atoms with Gasteiger partial charge in [-0.1, -0.05) is 53.5 Å². The molecular weight excluding hydrogens is 473 g/mol. The highest BCUT2D eigenvalue weighted by atomic mass is 35.5. The van der Waals surface area contributed by atoms with Gasteiger partial charge in [-0.3, -0.25) is 4.79 Å². The van der Waals surface area contributed by atoms with E-state index in [0.29, 0.717) is 58.5 Å². The molecule has 0 saturated heterocycles. The maximum Gasteiger partial charge on any atom is 0.336 e. The molecule has 0 amide bonds. The molecule has 1 N–H and O–H groups in total. The van der Waals surface area contributed by atoms with Crippen LogP contribution in [-0.4, -0.2) is 31.6 Å². The molecular formula is C27H27Cl2NO4. The quantitative estimate of drug-likeness (QED) is 0.377. The van der Waals surface area contributed by atoms with Gasteiger partial charge in [0, 0.05) is 46.0 Å². The highest BCUT2D eigenvalue weighted by Gasteiger charge is 2.42. The molecule has 0 spiro atoms. The molecule has 1 aliphatic carbocycles. The Labute approximate surface area is 209 Å². The summed E-state index contributed by atoms with van der Waals surface area (Å²) in [6.07, 6.45) is 0.989. The van der Waals surface area contributed by atoms with Crippen molar-refractivity contribution in [2.45, 2.75) is 38.5 Å². The van der Waals surface area contributed by atoms with E-state index in [0.717, 1.165) is 11.3 Å². The topological polar surface area (TPSA) is 64.6 Å². The first kappa shape index (κ1) is 24.5. The van der Waals surface area contributed by atoms with Crippen LogP contribution in [0, 0.1) is 0 Å². The van der Waals surface area contributed by atoms with Crippen LogP contribution in [0.5, 0.6) is 0 Å². The molecule has 5 nitrogen and oxygen atoms in total. The van der Waals surface area contributed by atoms with E-state index in [9.17, 15) is 9.59 Å². The van der Waals surface area contributed by atoms with E-state index in [4.69, 9.17) is 32.7 Å². The zero-order valence-electron chi connectivity index (χ0n) is 19.2. The first-order valence-electron chi connectivity index (χ1n) is 11.4. The number of ether oxygens (including phenoxy) is 2. The molecule has 1 aliphatic heterocycles. The van der Waals surface area contributed by atoms with E-state index in [-0.39, 0.29) is 18.3 Å². The van der Waals surface area contributed by atoms with Crippen LogP contribution in [0.25, 0.3) is 0 Å². The number of hydrogen-bond acceptors (Lipinski definition) is 5. The Morgan fingerprint density at radius 2 is 1.79 bits per heavy atom. The lowest BCUT2D eigenvalue weighted by Crippen LogP contribution is -2.36. The Bertz CT molecular complexity index is 1150. The molecule has 1 heterocycles. The number of benzene rings is 2. The SMILES string of the molecule is CCOCCOC(=O)C1=C(C)NC2=C(C(=O)C[C@H](c3ccc(Cl)cc3)C2)[C@@H]1c1ccccc1Cl. The minimum atomic E-state index is -0.594. The molecule has 0 bridgehead atoms. The summed E-state index contributed by atoms with van der Waals surface area (Å²) in [4.78, 5) is 26.8. The fourth-order valence-electron chi connectivity index (χ4n) is 4.72. The van der Waals surface area contributed by atoms with Crippen molar-refractivity contribution in [1.29, 1.82) is 0 Å². The number of nitrogens with one attached hydrogen (secondary N) is 1. The Morgan fingerprint density at radius 3 is 2.50 bits per heavy atom. The van der Waals surface area contributed by atoms with Crippen LogP contribution in [-0.2, 0) is 19.1 Å². The van der Waals surface area contributed by atoms with Gasteiger partial charge < -0.3 is 14.8 Å². The second kappa shape index (κ2) is 10.8. The monoisotopic (exact) mass is 499 g/mol. The van der Waals surface area contributed by atoms with Crippen LogP contribution in [0.15, 0.2) is 71.1 Å². The van der Waals surface area contributed by atoms with Crippen molar-refractivity contribution >= 4 is 35.0 Å². The molecule has 4 rings (SSSR count). The fourth-order valence-corrected chi connectivity index (χ4v) is 5.09. The first-order valence-corrected chi connectivity index (χ1v) is 12.1. The summed E-state index contributed by atoms with van der Waals surface area (Å²) in [6, 6.07) is 14.9. The summed E-state index contributed by atoms with van der Waals surface area (Å²) >= 11 is 12.6. The normalized spacial score (nSPS) is 20.2. The van der Waals surface area contributed by atoms with Gasteiger partial charge in [0.15, 0.2) is 5.78 Å². The van der Waals surface area contributed by atoms with Crippen molar-refractivity contribution in [3.63, 3.8) is 0 Å². The van der Waals surface area contributed by atoms with E-state index in [1.54, 1.807) is 6.07 Å². The zero-order valence-corrected chi connectivity index (χ0v) is 20.7. The predicted molar refractivity (Wildman–Crippen MR) is 133 cm³/mol. The van der Waals surface area contributed by atoms with Gasteiger partial charge in [0.1, 0.15) is 6.61 Å². The number of dihydropyridines is 1. The molecule has 0 aromatic heterocycles. The highest BCUT2D eigenvalue weighted by molar-refractivity contribution is 6.31. The summed E-state index contributed by atoms with van der Waals surface area (Å²) < 4.78 is 10.8. The van der Waals surface area contributed by atoms with Crippen molar-refractivity contribution in [3.8, 4) is 0 Å². The molecule has 0 radical (unpaired) electrons. The maximum atomic E-state index is 13.6. The van der Waals surface area contributed by atoms with Gasteiger partial charge in [-0.25, -0.2) is 4.79 Å². The highest BCUT2D eigenvalue weighted by Crippen LogP contribution is 2.47. The third kappa shape index (κ3) is 5.07. The van der Waals surface area contributed by atoms with Crippen LogP contribution in [0.2, 0.25) is 10.0 Å². The summed E-state index contributed by atoms with van der Waals surface area (Å²) in [5, 5.41) is 4.51. The number of allylic oxidation sites excluding steroid dienone is 3. The van der Waals surface area contributed by atoms with Gasteiger partial charge in [0.2, 0.25) is 0 Å². The summed E-state index contributed by atoms with van der Waals surface area (Å²) in [5.74, 6) is -1.06. The van der Waals surface area contributed by atoms with Gasteiger partial charge in [-0.05, 0) is 55.5 Å². The van der Waals surface area contributed by atoms with Crippen molar-refractivity contribution in [2.75, 3.05) is 19.8 Å². The van der Waals surface area contributed by atoms with Crippen molar-refractivity contribution in [3.05, 3.63) is 92.2 Å². The Kier molecular flexibility index (Phi) is 7.77. The van der Waals surface area contributed by atoms with Gasteiger partial charge >= 0.3 is 5.97 Å². The van der Waals surface area contributed by atoms with Crippen LogP contribution < -0.4 is 5.32 Å². The predicted octanol–water partition coefficient (Wildman–Crippen LogP) is 5.93. The minimum Gasteiger partial charge on any atom is -0.460 e. The number of hydrogen-bond donors (Lipinski definition) is 1. The second-order valence-electron chi connectivity index (χ2n) is 8.42. The Balaban J connectivity index is 1.72. The molecule has 7 heteroatoms. The fraction of sp³-hybridized carbons (Fsp3) is 0.333. The van der Waals surface area contributed by atoms with Crippen LogP contribution in [0.4, 0.5) is 0 Å². The lowest BCUT2D eigenvalue weighted by molar-refractivity contribution is -0.140. The third-order valence-electron chi connectivity index (χ3n) is 6.27. The number of rotatable bonds is 7. The lowest BCUT2D eigenvalue weighted by Gasteiger charge is -2.37. The van der Waals surface area contributed by atoms with E-state index in [1.165, 1.54) is 0 Å². The molecule has 2 atom stereocenters. The van der Waals surface area contributed by atoms with E-state index < -0.39 is 11.9 Å². The number of esters is 1. The van der Waals surface area contributed by atoms with E-state index in [1.807, 2.05) is 56.3 Å². The molecule has 0 saturated carbocycles. The van der Waals surface area contributed by atoms with Crippen LogP contribution in [0.3, 0.4) is 0 Å². The average Bonchev–Trinajstić information content (AvgIpc) is 2.81. The maximum absolute atomic E-state index is 13.6. The average molecular weight is 500 g/mol. The standard InChI is InChI=1S/C27H27Cl2NO4/c1-3-33-12-13-34-27(32)24-16(2)30-22-14-18(17-8-10-19(28)11-9-17)15-23(31)26(22)25(24)20-6-4-5-7-21(20)29/h4-11,18,25,30H,3,12-15H2,1-2H3/t18-,25-/m1/s1. The third-order valence-corrected chi connectivity index (χ3v) is 6.87. The molecule has 2 aromatic rings. The second-order valence-corrected chi connectivity index (χ2v) is 9.27. The van der Waals surface area contributed by atoms with Crippen LogP contribution >= 0.6 is 23.2 Å². The molecule has 34 heavy (non-hydrogen) atoms. The minimum absolute atomic E-state index is 0.00858. The van der Waals surface area contributed by atoms with Gasteiger partial charge in [-0.2, -0.15) is 0 Å². The van der Waals surface area contributed by atoms with Gasteiger partial charge in [0.25, 0.3) is 0 Å². The first-order chi connectivity index (χ1) is 16.4. The summed E-state index contributed by atoms with van der Waals surface area (Å²) in [5.41, 5.74) is 4.25. The lowest BCUT2D eigenvalue weighted by atomic mass is 9.71. The smallest absolute Gasteiger partial charge is 0.336 e. The number of ketones is 1. The molecule has 0 unspecified atom stereocenters. The molecule has 178 valence electrons. The van der Waals surface area contributed by atoms with E-state index in [2.05, 4.69) is 5.32 Å². The van der Waals surface area contributed by atoms with Crippen molar-refractivity contribution < 1.29 is 19.1 Å². The number of carbonyl (C=O) groups excluding carboxylic acids is 2. The number of carbonyl (C=O) groups is 2. The number of Topliss-reactive ketones (excluding diaryl/α,β-unsaturated/α-hetero) is 1. The Morgan fingerprint density at radius 1 is 1.06 bits per heavy atom. The summed E-state index contributed by atoms with van der Waals surface area (Å²) in [6.45, 7) is 4.71. The molecule has 2 aromatic carbocycles. The Hall–Kier alpha value is -2.60. The van der Waals surface area contributed by atoms with Gasteiger partial charge in [0.05, 0.1) is 12.2 Å². The van der Waals surface area contributed by atoms with Crippen LogP contribution in [0.1, 0.15) is 49.7 Å². The van der Waals surface area contributed by atoms with E-state index >= 15 is 0 Å². The molecule has 0 fully saturated rings. The molecule has 2 aliphatic rings. The zero-order chi connectivity index (χ0) is 24.2. The largest absolute Gasteiger partial charge is 0.460 e.